The monoisotopic (exact) mass is 696 g/mol. The Morgan fingerprint density at radius 3 is 1.90 bits per heavy atom. The number of nitrogens with two attached hydrogens (primary N) is 1. The summed E-state index contributed by atoms with van der Waals surface area (Å²) in [7, 11) is 0. The third kappa shape index (κ3) is 12.4. The van der Waals surface area contributed by atoms with E-state index in [1.807, 2.05) is 65.6 Å². The van der Waals surface area contributed by atoms with Crippen molar-refractivity contribution in [2.45, 2.75) is 32.4 Å². The van der Waals surface area contributed by atoms with Crippen molar-refractivity contribution in [2.24, 2.45) is 5.73 Å². The number of carbonyl (C=O) groups is 2. The Labute approximate surface area is 294 Å². The van der Waals surface area contributed by atoms with Gasteiger partial charge >= 0.3 is 0 Å². The fourth-order valence-electron chi connectivity index (χ4n) is 5.63. The number of amides is 2. The lowest BCUT2D eigenvalue weighted by Crippen LogP contribution is -2.43. The van der Waals surface area contributed by atoms with Crippen LogP contribution < -0.4 is 21.3 Å². The molecular weight excluding hydrogens is 648 g/mol. The van der Waals surface area contributed by atoms with Gasteiger partial charge in [0.2, 0.25) is 5.91 Å². The van der Waals surface area contributed by atoms with E-state index in [0.717, 1.165) is 34.5 Å². The van der Waals surface area contributed by atoms with E-state index in [-0.39, 0.29) is 23.9 Å². The number of hydrogen-bond acceptors (Lipinski definition) is 9. The first-order valence-corrected chi connectivity index (χ1v) is 17.2. The van der Waals surface area contributed by atoms with E-state index < -0.39 is 0 Å². The fraction of sp³-hybridized carbons (Fsp3) is 0.459. The van der Waals surface area contributed by atoms with E-state index in [1.165, 1.54) is 0 Å². The lowest BCUT2D eigenvalue weighted by atomic mass is 9.88. The number of carbonyl (C=O) groups excluding carboxylic acids is 2. The molecule has 1 aliphatic heterocycles. The Balaban J connectivity index is 1.18. The first kappa shape index (κ1) is 38.3. The Morgan fingerprint density at radius 2 is 1.33 bits per heavy atom. The number of nitrogens with zero attached hydrogens (tertiary/aromatic N) is 1. The molecule has 0 fully saturated rings. The van der Waals surface area contributed by atoms with Gasteiger partial charge < -0.3 is 45.0 Å². The highest BCUT2D eigenvalue weighted by molar-refractivity contribution is 6.30. The van der Waals surface area contributed by atoms with Crippen LogP contribution >= 0.6 is 11.6 Å². The van der Waals surface area contributed by atoms with Gasteiger partial charge in [0, 0.05) is 48.0 Å². The molecule has 12 heteroatoms. The van der Waals surface area contributed by atoms with E-state index in [1.54, 1.807) is 6.92 Å². The zero-order chi connectivity index (χ0) is 34.8. The fourth-order valence-corrected chi connectivity index (χ4v) is 5.75. The Kier molecular flexibility index (Phi) is 16.3. The van der Waals surface area contributed by atoms with Crippen LogP contribution in [0, 0.1) is 0 Å². The molecule has 3 aromatic rings. The average Bonchev–Trinajstić information content (AvgIpc) is 3.10. The van der Waals surface area contributed by atoms with Crippen molar-refractivity contribution in [3.05, 3.63) is 82.9 Å². The SMILES string of the molecule is CC(=O)N1c2ccc(-c3ccc(C(=O)NCCOCCOCCOCCOCCOCCN)cc3)cc2C(Nc2ccc(Cl)cc2)CC1C. The number of hydrogen-bond donors (Lipinski definition) is 3. The standard InChI is InChI=1S/C37H49ClN4O7/c1-27-25-35(41-33-10-8-32(38)9-11-33)34-26-31(7-12-36(34)42(27)28(2)43)29-3-5-30(6-4-29)37(44)40-14-16-46-18-20-48-22-24-49-23-21-47-19-17-45-15-13-39/h3-12,26-27,35,41H,13-25,39H2,1-2H3,(H,40,44). The van der Waals surface area contributed by atoms with Crippen LogP contribution in [0.25, 0.3) is 11.1 Å². The maximum absolute atomic E-state index is 12.7. The molecule has 49 heavy (non-hydrogen) atoms. The molecule has 0 radical (unpaired) electrons. The molecule has 4 N–H and O–H groups in total. The van der Waals surface area contributed by atoms with Gasteiger partial charge in [-0.1, -0.05) is 29.8 Å². The van der Waals surface area contributed by atoms with Crippen LogP contribution in [0.2, 0.25) is 5.02 Å². The summed E-state index contributed by atoms with van der Waals surface area (Å²) in [5.74, 6) is -0.152. The van der Waals surface area contributed by atoms with Gasteiger partial charge in [0.15, 0.2) is 0 Å². The number of fused-ring (bicyclic) bond motifs is 1. The van der Waals surface area contributed by atoms with Gasteiger partial charge in [-0.2, -0.15) is 0 Å². The minimum atomic E-state index is -0.167. The lowest BCUT2D eigenvalue weighted by molar-refractivity contribution is -0.117. The van der Waals surface area contributed by atoms with E-state index in [2.05, 4.69) is 23.6 Å². The number of rotatable bonds is 21. The maximum Gasteiger partial charge on any atom is 0.251 e. The van der Waals surface area contributed by atoms with Crippen LogP contribution in [0.15, 0.2) is 66.7 Å². The number of nitrogens with one attached hydrogen (secondary N) is 2. The summed E-state index contributed by atoms with van der Waals surface area (Å²) in [6.45, 7) is 9.38. The highest BCUT2D eigenvalue weighted by Crippen LogP contribution is 2.41. The molecule has 0 bridgehead atoms. The molecule has 11 nitrogen and oxygen atoms in total. The molecule has 0 aromatic heterocycles. The molecule has 0 spiro atoms. The molecule has 0 aliphatic carbocycles. The number of anilines is 2. The highest BCUT2D eigenvalue weighted by Gasteiger charge is 2.32. The largest absolute Gasteiger partial charge is 0.378 e. The van der Waals surface area contributed by atoms with Crippen molar-refractivity contribution >= 4 is 34.8 Å². The van der Waals surface area contributed by atoms with E-state index in [4.69, 9.17) is 41.0 Å². The zero-order valence-electron chi connectivity index (χ0n) is 28.5. The minimum Gasteiger partial charge on any atom is -0.378 e. The second kappa shape index (κ2) is 20.8. The minimum absolute atomic E-state index is 0.00318. The zero-order valence-corrected chi connectivity index (χ0v) is 29.2. The molecule has 0 saturated carbocycles. The van der Waals surface area contributed by atoms with Gasteiger partial charge in [-0.3, -0.25) is 9.59 Å². The number of benzene rings is 3. The molecule has 266 valence electrons. The third-order valence-electron chi connectivity index (χ3n) is 7.97. The predicted octanol–water partition coefficient (Wildman–Crippen LogP) is 5.08. The van der Waals surface area contributed by atoms with E-state index in [9.17, 15) is 9.59 Å². The van der Waals surface area contributed by atoms with Crippen LogP contribution in [0.5, 0.6) is 0 Å². The van der Waals surface area contributed by atoms with Crippen LogP contribution in [0.1, 0.15) is 42.2 Å². The summed E-state index contributed by atoms with van der Waals surface area (Å²) < 4.78 is 27.1. The summed E-state index contributed by atoms with van der Waals surface area (Å²) in [5.41, 5.74) is 10.8. The summed E-state index contributed by atoms with van der Waals surface area (Å²) in [6.07, 6.45) is 0.758. The Hall–Kier alpha value is -3.55. The van der Waals surface area contributed by atoms with E-state index >= 15 is 0 Å². The molecular formula is C37H49ClN4O7. The molecule has 4 rings (SSSR count). The van der Waals surface area contributed by atoms with Gasteiger partial charge in [-0.15, -0.1) is 0 Å². The van der Waals surface area contributed by atoms with Crippen molar-refractivity contribution < 1.29 is 33.3 Å². The van der Waals surface area contributed by atoms with Crippen LogP contribution in [0.3, 0.4) is 0 Å². The molecule has 2 unspecified atom stereocenters. The highest BCUT2D eigenvalue weighted by atomic mass is 35.5. The van der Waals surface area contributed by atoms with Crippen molar-refractivity contribution in [2.75, 3.05) is 89.4 Å². The Morgan fingerprint density at radius 1 is 0.776 bits per heavy atom. The van der Waals surface area contributed by atoms with Crippen molar-refractivity contribution in [3.63, 3.8) is 0 Å². The molecule has 1 heterocycles. The lowest BCUT2D eigenvalue weighted by Gasteiger charge is -2.39. The van der Waals surface area contributed by atoms with Gasteiger partial charge in [0.25, 0.3) is 5.91 Å². The molecule has 2 atom stereocenters. The van der Waals surface area contributed by atoms with Gasteiger partial charge in [0.05, 0.1) is 72.1 Å². The second-order valence-electron chi connectivity index (χ2n) is 11.6. The first-order chi connectivity index (χ1) is 23.9. The van der Waals surface area contributed by atoms with E-state index in [0.29, 0.717) is 89.7 Å². The molecule has 0 saturated heterocycles. The predicted molar refractivity (Wildman–Crippen MR) is 192 cm³/mol. The van der Waals surface area contributed by atoms with Gasteiger partial charge in [-0.25, -0.2) is 0 Å². The molecule has 3 aromatic carbocycles. The summed E-state index contributed by atoms with van der Waals surface area (Å²) in [6, 6.07) is 21.4. The quantitative estimate of drug-likeness (QED) is 0.131. The number of halogens is 1. The first-order valence-electron chi connectivity index (χ1n) is 16.8. The molecule has 1 aliphatic rings. The van der Waals surface area contributed by atoms with Crippen LogP contribution in [-0.2, 0) is 28.5 Å². The number of ether oxygens (including phenoxy) is 5. The summed E-state index contributed by atoms with van der Waals surface area (Å²) in [4.78, 5) is 27.2. The summed E-state index contributed by atoms with van der Waals surface area (Å²) >= 11 is 6.10. The normalized spacial score (nSPS) is 15.6. The Bertz CT molecular complexity index is 1440. The van der Waals surface area contributed by atoms with Crippen molar-refractivity contribution in [1.29, 1.82) is 0 Å². The second-order valence-corrected chi connectivity index (χ2v) is 12.1. The summed E-state index contributed by atoms with van der Waals surface area (Å²) in [5, 5.41) is 7.21. The van der Waals surface area contributed by atoms with Crippen molar-refractivity contribution in [1.82, 2.24) is 5.32 Å². The van der Waals surface area contributed by atoms with Crippen LogP contribution in [0.4, 0.5) is 11.4 Å². The van der Waals surface area contributed by atoms with Crippen molar-refractivity contribution in [3.8, 4) is 11.1 Å². The average molecular weight is 697 g/mol. The van der Waals surface area contributed by atoms with Crippen LogP contribution in [-0.4, -0.2) is 97.0 Å². The topological polar surface area (TPSA) is 134 Å². The van der Waals surface area contributed by atoms with Gasteiger partial charge in [-0.05, 0) is 78.6 Å². The smallest absolute Gasteiger partial charge is 0.251 e. The molecule has 2 amide bonds. The van der Waals surface area contributed by atoms with Gasteiger partial charge in [0.1, 0.15) is 0 Å². The third-order valence-corrected chi connectivity index (χ3v) is 8.22. The maximum atomic E-state index is 12.7.